The van der Waals surface area contributed by atoms with Gasteiger partial charge in [-0.1, -0.05) is 6.58 Å². The molecule has 0 aromatic heterocycles. The first-order valence-electron chi connectivity index (χ1n) is 5.62. The molecule has 88 valence electrons. The van der Waals surface area contributed by atoms with Gasteiger partial charge >= 0.3 is 11.9 Å². The van der Waals surface area contributed by atoms with Gasteiger partial charge in [-0.25, -0.2) is 9.59 Å². The van der Waals surface area contributed by atoms with Crippen LogP contribution in [0.5, 0.6) is 0 Å². The molecule has 2 fully saturated rings. The van der Waals surface area contributed by atoms with E-state index in [-0.39, 0.29) is 5.60 Å². The number of carbonyl (C=O) groups excluding carboxylic acids is 2. The molecule has 1 heterocycles. The Bertz CT molecular complexity index is 339. The molecule has 1 saturated carbocycles. The molecular weight excluding hydrogens is 208 g/mol. The molecule has 4 nitrogen and oxygen atoms in total. The summed E-state index contributed by atoms with van der Waals surface area (Å²) in [5, 5.41) is 0. The highest BCUT2D eigenvalue weighted by Crippen LogP contribution is 2.42. The molecule has 2 aliphatic rings. The van der Waals surface area contributed by atoms with E-state index in [1.54, 1.807) is 6.92 Å². The number of carbonyl (C=O) groups is 2. The number of hydrogen-bond donors (Lipinski definition) is 0. The van der Waals surface area contributed by atoms with Crippen LogP contribution in [0.3, 0.4) is 0 Å². The summed E-state index contributed by atoms with van der Waals surface area (Å²) in [6, 6.07) is 0. The average molecular weight is 224 g/mol. The Morgan fingerprint density at radius 1 is 1.50 bits per heavy atom. The lowest BCUT2D eigenvalue weighted by Crippen LogP contribution is -2.24. The monoisotopic (exact) mass is 224 g/mol. The van der Waals surface area contributed by atoms with Crippen molar-refractivity contribution in [2.45, 2.75) is 50.7 Å². The van der Waals surface area contributed by atoms with E-state index in [4.69, 9.17) is 9.47 Å². The first kappa shape index (κ1) is 11.2. The third kappa shape index (κ3) is 1.96. The summed E-state index contributed by atoms with van der Waals surface area (Å²) in [7, 11) is 0. The van der Waals surface area contributed by atoms with Crippen molar-refractivity contribution in [1.29, 1.82) is 0 Å². The van der Waals surface area contributed by atoms with E-state index >= 15 is 0 Å². The van der Waals surface area contributed by atoms with Gasteiger partial charge in [0.15, 0.2) is 0 Å². The summed E-state index contributed by atoms with van der Waals surface area (Å²) in [5.41, 5.74) is -0.0444. The number of hydrogen-bond acceptors (Lipinski definition) is 4. The van der Waals surface area contributed by atoms with Gasteiger partial charge in [-0.3, -0.25) is 0 Å². The molecule has 1 atom stereocenters. The lowest BCUT2D eigenvalue weighted by atomic mass is 9.97. The van der Waals surface area contributed by atoms with Crippen molar-refractivity contribution in [3.05, 3.63) is 12.2 Å². The molecule has 4 heteroatoms. The predicted octanol–water partition coefficient (Wildman–Crippen LogP) is 1.73. The molecule has 1 saturated heterocycles. The summed E-state index contributed by atoms with van der Waals surface area (Å²) in [6.07, 6.45) is 3.70. The zero-order valence-electron chi connectivity index (χ0n) is 9.45. The molecule has 2 rings (SSSR count). The minimum Gasteiger partial charge on any atom is -0.456 e. The minimum absolute atomic E-state index is 0.306. The maximum absolute atomic E-state index is 11.6. The third-order valence-electron chi connectivity index (χ3n) is 3.25. The zero-order chi connectivity index (χ0) is 11.8. The molecule has 0 radical (unpaired) electrons. The van der Waals surface area contributed by atoms with E-state index in [0.717, 1.165) is 25.7 Å². The summed E-state index contributed by atoms with van der Waals surface area (Å²) >= 11 is 0. The van der Waals surface area contributed by atoms with Crippen LogP contribution < -0.4 is 0 Å². The lowest BCUT2D eigenvalue weighted by molar-refractivity contribution is -0.160. The van der Waals surface area contributed by atoms with E-state index < -0.39 is 18.0 Å². The van der Waals surface area contributed by atoms with Gasteiger partial charge in [0.1, 0.15) is 5.60 Å². The Labute approximate surface area is 94.6 Å². The van der Waals surface area contributed by atoms with Gasteiger partial charge in [-0.15, -0.1) is 0 Å². The van der Waals surface area contributed by atoms with Crippen LogP contribution in [-0.4, -0.2) is 23.6 Å². The van der Waals surface area contributed by atoms with Gasteiger partial charge in [0, 0.05) is 12.0 Å². The fourth-order valence-electron chi connectivity index (χ4n) is 2.39. The quantitative estimate of drug-likeness (QED) is 0.529. The Hall–Kier alpha value is -1.32. The highest BCUT2D eigenvalue weighted by molar-refractivity contribution is 5.90. The molecule has 0 N–H and O–H groups in total. The topological polar surface area (TPSA) is 52.6 Å². The van der Waals surface area contributed by atoms with Crippen LogP contribution >= 0.6 is 0 Å². The summed E-state index contributed by atoms with van der Waals surface area (Å²) in [5.74, 6) is -0.923. The number of rotatable bonds is 2. The summed E-state index contributed by atoms with van der Waals surface area (Å²) in [4.78, 5) is 22.9. The van der Waals surface area contributed by atoms with E-state index in [9.17, 15) is 9.59 Å². The second-order valence-electron chi connectivity index (χ2n) is 4.69. The van der Waals surface area contributed by atoms with Crippen molar-refractivity contribution < 1.29 is 19.1 Å². The van der Waals surface area contributed by atoms with Crippen LogP contribution in [0.4, 0.5) is 0 Å². The van der Waals surface area contributed by atoms with Crippen LogP contribution in [0.2, 0.25) is 0 Å². The SMILES string of the molecule is C=C(C)C(=O)OC1CC2(CCCC2)OC1=O. The average Bonchev–Trinajstić information content (AvgIpc) is 2.76. The minimum atomic E-state index is -0.734. The van der Waals surface area contributed by atoms with Crippen LogP contribution in [0, 0.1) is 0 Å². The molecule has 0 aromatic rings. The van der Waals surface area contributed by atoms with Gasteiger partial charge in [-0.05, 0) is 32.6 Å². The van der Waals surface area contributed by atoms with Crippen LogP contribution in [0.15, 0.2) is 12.2 Å². The standard InChI is InChI=1S/C12H16O4/c1-8(2)10(13)15-9-7-12(16-11(9)14)5-3-4-6-12/h9H,1,3-7H2,2H3. The zero-order valence-corrected chi connectivity index (χ0v) is 9.45. The first-order valence-corrected chi connectivity index (χ1v) is 5.62. The summed E-state index contributed by atoms with van der Waals surface area (Å²) in [6.45, 7) is 5.05. The molecule has 0 aromatic carbocycles. The second kappa shape index (κ2) is 3.92. The largest absolute Gasteiger partial charge is 0.456 e. The molecule has 0 amide bonds. The Morgan fingerprint density at radius 2 is 2.12 bits per heavy atom. The summed E-state index contributed by atoms with van der Waals surface area (Å²) < 4.78 is 10.4. The van der Waals surface area contributed by atoms with Crippen molar-refractivity contribution in [3.8, 4) is 0 Å². The highest BCUT2D eigenvalue weighted by atomic mass is 16.6. The van der Waals surface area contributed by atoms with Crippen molar-refractivity contribution in [3.63, 3.8) is 0 Å². The Morgan fingerprint density at radius 3 is 2.69 bits per heavy atom. The predicted molar refractivity (Wildman–Crippen MR) is 56.6 cm³/mol. The van der Waals surface area contributed by atoms with Gasteiger partial charge in [0.05, 0.1) is 0 Å². The third-order valence-corrected chi connectivity index (χ3v) is 3.25. The fraction of sp³-hybridized carbons (Fsp3) is 0.667. The first-order chi connectivity index (χ1) is 7.52. The normalized spacial score (nSPS) is 26.8. The molecule has 16 heavy (non-hydrogen) atoms. The van der Waals surface area contributed by atoms with Gasteiger partial charge < -0.3 is 9.47 Å². The van der Waals surface area contributed by atoms with E-state index in [0.29, 0.717) is 12.0 Å². The van der Waals surface area contributed by atoms with E-state index in [2.05, 4.69) is 6.58 Å². The Kier molecular flexibility index (Phi) is 2.74. The van der Waals surface area contributed by atoms with Crippen LogP contribution in [0.25, 0.3) is 0 Å². The molecule has 1 spiro atoms. The molecule has 1 unspecified atom stereocenters. The second-order valence-corrected chi connectivity index (χ2v) is 4.69. The van der Waals surface area contributed by atoms with Crippen LogP contribution in [0.1, 0.15) is 39.0 Å². The highest BCUT2D eigenvalue weighted by Gasteiger charge is 2.49. The Balaban J connectivity index is 2.00. The van der Waals surface area contributed by atoms with Crippen molar-refractivity contribution >= 4 is 11.9 Å². The molecule has 1 aliphatic carbocycles. The number of esters is 2. The van der Waals surface area contributed by atoms with Gasteiger partial charge in [0.25, 0.3) is 0 Å². The van der Waals surface area contributed by atoms with E-state index in [1.807, 2.05) is 0 Å². The van der Waals surface area contributed by atoms with Crippen molar-refractivity contribution in [2.24, 2.45) is 0 Å². The lowest BCUT2D eigenvalue weighted by Gasteiger charge is -2.20. The van der Waals surface area contributed by atoms with Crippen molar-refractivity contribution in [1.82, 2.24) is 0 Å². The van der Waals surface area contributed by atoms with Gasteiger partial charge in [-0.2, -0.15) is 0 Å². The molecule has 0 bridgehead atoms. The maximum Gasteiger partial charge on any atom is 0.348 e. The molecule has 1 aliphatic heterocycles. The number of ether oxygens (including phenoxy) is 2. The van der Waals surface area contributed by atoms with Crippen LogP contribution in [-0.2, 0) is 19.1 Å². The maximum atomic E-state index is 11.6. The smallest absolute Gasteiger partial charge is 0.348 e. The van der Waals surface area contributed by atoms with E-state index in [1.165, 1.54) is 0 Å². The molecular formula is C12H16O4. The van der Waals surface area contributed by atoms with Gasteiger partial charge in [0.2, 0.25) is 6.10 Å². The fourth-order valence-corrected chi connectivity index (χ4v) is 2.39. The van der Waals surface area contributed by atoms with Crippen molar-refractivity contribution in [2.75, 3.05) is 0 Å².